The monoisotopic (exact) mass is 303 g/mol. The molecule has 0 unspecified atom stereocenters. The first kappa shape index (κ1) is 14.2. The van der Waals surface area contributed by atoms with Crippen LogP contribution in [0.4, 0.5) is 5.69 Å². The van der Waals surface area contributed by atoms with Gasteiger partial charge in [0.1, 0.15) is 6.54 Å². The summed E-state index contributed by atoms with van der Waals surface area (Å²) in [6.07, 6.45) is 6.50. The van der Waals surface area contributed by atoms with Crippen LogP contribution in [0, 0.1) is 0 Å². The van der Waals surface area contributed by atoms with Gasteiger partial charge in [0.2, 0.25) is 5.91 Å². The van der Waals surface area contributed by atoms with Crippen LogP contribution in [-0.2, 0) is 17.9 Å². The molecule has 110 valence electrons. The fraction of sp³-hybridized carbons (Fsp3) is 0.312. The molecule has 5 heteroatoms. The molecule has 21 heavy (non-hydrogen) atoms. The summed E-state index contributed by atoms with van der Waals surface area (Å²) in [5.74, 6) is -0.0606. The van der Waals surface area contributed by atoms with Gasteiger partial charge in [0.05, 0.1) is 0 Å². The summed E-state index contributed by atoms with van der Waals surface area (Å²) in [5.41, 5.74) is 1.92. The van der Waals surface area contributed by atoms with E-state index in [4.69, 9.17) is 11.6 Å². The number of benzene rings is 1. The number of carbonyl (C=O) groups excluding carboxylic acids is 1. The molecule has 2 aromatic rings. The Hall–Kier alpha value is -1.78. The van der Waals surface area contributed by atoms with Crippen molar-refractivity contribution in [3.63, 3.8) is 0 Å². The molecule has 1 aromatic heterocycles. The normalized spacial score (nSPS) is 14.1. The van der Waals surface area contributed by atoms with Crippen molar-refractivity contribution in [3.05, 3.63) is 53.3 Å². The Morgan fingerprint density at radius 1 is 1.33 bits per heavy atom. The van der Waals surface area contributed by atoms with Crippen LogP contribution < -0.4 is 10.6 Å². The zero-order valence-corrected chi connectivity index (χ0v) is 12.4. The zero-order chi connectivity index (χ0) is 14.7. The highest BCUT2D eigenvalue weighted by Gasteiger charge is 2.20. The standard InChI is InChI=1S/C16H18ClN3O/c17-13-2-1-3-15(8-13)19-16(21)11-20-7-6-12(10-20)9-18-14-4-5-14/h1-3,6-8,10,14,18H,4-5,9,11H2,(H,19,21). The van der Waals surface area contributed by atoms with Crippen molar-refractivity contribution in [3.8, 4) is 0 Å². The molecule has 1 saturated carbocycles. The smallest absolute Gasteiger partial charge is 0.244 e. The lowest BCUT2D eigenvalue weighted by Crippen LogP contribution is -2.18. The summed E-state index contributed by atoms with van der Waals surface area (Å²) in [6, 6.07) is 9.89. The van der Waals surface area contributed by atoms with Crippen molar-refractivity contribution in [1.29, 1.82) is 0 Å². The van der Waals surface area contributed by atoms with Gasteiger partial charge in [0, 0.05) is 35.7 Å². The van der Waals surface area contributed by atoms with Gasteiger partial charge in [0.25, 0.3) is 0 Å². The molecule has 1 aromatic carbocycles. The number of hydrogen-bond donors (Lipinski definition) is 2. The van der Waals surface area contributed by atoms with Crippen LogP contribution in [-0.4, -0.2) is 16.5 Å². The SMILES string of the molecule is O=C(Cn1ccc(CNC2CC2)c1)Nc1cccc(Cl)c1. The van der Waals surface area contributed by atoms with Crippen LogP contribution in [0.5, 0.6) is 0 Å². The Kier molecular flexibility index (Phi) is 4.27. The maximum atomic E-state index is 12.0. The molecule has 0 aliphatic heterocycles. The van der Waals surface area contributed by atoms with E-state index < -0.39 is 0 Å². The van der Waals surface area contributed by atoms with Crippen molar-refractivity contribution in [2.75, 3.05) is 5.32 Å². The van der Waals surface area contributed by atoms with Crippen molar-refractivity contribution < 1.29 is 4.79 Å². The number of anilines is 1. The lowest BCUT2D eigenvalue weighted by atomic mass is 10.3. The summed E-state index contributed by atoms with van der Waals surface area (Å²) in [4.78, 5) is 12.0. The van der Waals surface area contributed by atoms with Gasteiger partial charge >= 0.3 is 0 Å². The molecule has 1 amide bonds. The minimum absolute atomic E-state index is 0.0606. The molecular formula is C16H18ClN3O. The summed E-state index contributed by atoms with van der Waals surface area (Å²) in [7, 11) is 0. The van der Waals surface area contributed by atoms with E-state index in [1.165, 1.54) is 18.4 Å². The lowest BCUT2D eigenvalue weighted by Gasteiger charge is -2.06. The van der Waals surface area contributed by atoms with Gasteiger partial charge < -0.3 is 15.2 Å². The molecule has 4 nitrogen and oxygen atoms in total. The first-order valence-corrected chi connectivity index (χ1v) is 7.50. The Morgan fingerprint density at radius 2 is 2.19 bits per heavy atom. The van der Waals surface area contributed by atoms with Gasteiger partial charge in [0.15, 0.2) is 0 Å². The van der Waals surface area contributed by atoms with Crippen LogP contribution in [0.3, 0.4) is 0 Å². The molecule has 0 saturated heterocycles. The molecular weight excluding hydrogens is 286 g/mol. The Labute approximate surface area is 129 Å². The average Bonchev–Trinajstić information content (AvgIpc) is 3.17. The van der Waals surface area contributed by atoms with Gasteiger partial charge in [-0.1, -0.05) is 17.7 Å². The highest BCUT2D eigenvalue weighted by molar-refractivity contribution is 6.30. The number of carbonyl (C=O) groups is 1. The Bertz CT molecular complexity index is 634. The lowest BCUT2D eigenvalue weighted by molar-refractivity contribution is -0.116. The van der Waals surface area contributed by atoms with Gasteiger partial charge in [-0.3, -0.25) is 4.79 Å². The molecule has 0 spiro atoms. The van der Waals surface area contributed by atoms with Crippen molar-refractivity contribution in [2.24, 2.45) is 0 Å². The van der Waals surface area contributed by atoms with Gasteiger partial charge in [-0.05, 0) is 42.7 Å². The maximum absolute atomic E-state index is 12.0. The number of nitrogens with zero attached hydrogens (tertiary/aromatic N) is 1. The zero-order valence-electron chi connectivity index (χ0n) is 11.7. The van der Waals surface area contributed by atoms with Crippen LogP contribution in [0.25, 0.3) is 0 Å². The van der Waals surface area contributed by atoms with Gasteiger partial charge in [-0.25, -0.2) is 0 Å². The fourth-order valence-corrected chi connectivity index (χ4v) is 2.37. The van der Waals surface area contributed by atoms with E-state index in [1.54, 1.807) is 12.1 Å². The van der Waals surface area contributed by atoms with E-state index in [0.717, 1.165) is 12.2 Å². The second kappa shape index (κ2) is 6.33. The third kappa shape index (κ3) is 4.34. The van der Waals surface area contributed by atoms with Gasteiger partial charge in [-0.2, -0.15) is 0 Å². The van der Waals surface area contributed by atoms with E-state index in [0.29, 0.717) is 17.6 Å². The number of halogens is 1. The topological polar surface area (TPSA) is 46.1 Å². The number of aromatic nitrogens is 1. The summed E-state index contributed by atoms with van der Waals surface area (Å²) >= 11 is 5.89. The molecule has 1 aliphatic carbocycles. The van der Waals surface area contributed by atoms with Crippen LogP contribution in [0.2, 0.25) is 5.02 Å². The predicted molar refractivity (Wildman–Crippen MR) is 84.4 cm³/mol. The summed E-state index contributed by atoms with van der Waals surface area (Å²) < 4.78 is 1.89. The van der Waals surface area contributed by atoms with E-state index in [9.17, 15) is 4.79 Å². The summed E-state index contributed by atoms with van der Waals surface area (Å²) in [6.45, 7) is 1.17. The molecule has 0 atom stereocenters. The number of hydrogen-bond acceptors (Lipinski definition) is 2. The highest BCUT2D eigenvalue weighted by atomic mass is 35.5. The van der Waals surface area contributed by atoms with Crippen molar-refractivity contribution in [1.82, 2.24) is 9.88 Å². The first-order chi connectivity index (χ1) is 10.2. The van der Waals surface area contributed by atoms with Crippen LogP contribution in [0.1, 0.15) is 18.4 Å². The largest absolute Gasteiger partial charge is 0.345 e. The number of nitrogens with one attached hydrogen (secondary N) is 2. The van der Waals surface area contributed by atoms with Crippen LogP contribution >= 0.6 is 11.6 Å². The number of amides is 1. The van der Waals surface area contributed by atoms with Crippen molar-refractivity contribution in [2.45, 2.75) is 32.0 Å². The minimum Gasteiger partial charge on any atom is -0.345 e. The summed E-state index contributed by atoms with van der Waals surface area (Å²) in [5, 5.41) is 6.91. The minimum atomic E-state index is -0.0606. The second-order valence-electron chi connectivity index (χ2n) is 5.41. The molecule has 0 radical (unpaired) electrons. The second-order valence-corrected chi connectivity index (χ2v) is 5.84. The quantitative estimate of drug-likeness (QED) is 0.861. The van der Waals surface area contributed by atoms with Crippen molar-refractivity contribution >= 4 is 23.2 Å². The predicted octanol–water partition coefficient (Wildman–Crippen LogP) is 3.03. The van der Waals surface area contributed by atoms with E-state index in [1.807, 2.05) is 35.2 Å². The Balaban J connectivity index is 1.51. The van der Waals surface area contributed by atoms with E-state index >= 15 is 0 Å². The maximum Gasteiger partial charge on any atom is 0.244 e. The fourth-order valence-electron chi connectivity index (χ4n) is 2.18. The third-order valence-electron chi connectivity index (χ3n) is 3.42. The molecule has 1 heterocycles. The molecule has 1 aliphatic rings. The average molecular weight is 304 g/mol. The molecule has 1 fully saturated rings. The third-order valence-corrected chi connectivity index (χ3v) is 3.65. The molecule has 3 rings (SSSR count). The number of rotatable bonds is 6. The first-order valence-electron chi connectivity index (χ1n) is 7.12. The van der Waals surface area contributed by atoms with E-state index in [2.05, 4.69) is 10.6 Å². The Morgan fingerprint density at radius 3 is 2.95 bits per heavy atom. The molecule has 2 N–H and O–H groups in total. The molecule has 0 bridgehead atoms. The highest BCUT2D eigenvalue weighted by Crippen LogP contribution is 2.19. The van der Waals surface area contributed by atoms with E-state index in [-0.39, 0.29) is 5.91 Å². The van der Waals surface area contributed by atoms with Gasteiger partial charge in [-0.15, -0.1) is 0 Å². The van der Waals surface area contributed by atoms with Crippen LogP contribution in [0.15, 0.2) is 42.7 Å².